The number of aliphatic carboxylic acids is 1. The molecule has 0 aliphatic heterocycles. The van der Waals surface area contributed by atoms with Gasteiger partial charge in [0.1, 0.15) is 0 Å². The van der Waals surface area contributed by atoms with E-state index in [0.717, 1.165) is 11.8 Å². The van der Waals surface area contributed by atoms with Gasteiger partial charge in [-0.15, -0.1) is 0 Å². The van der Waals surface area contributed by atoms with Gasteiger partial charge >= 0.3 is 11.9 Å². The van der Waals surface area contributed by atoms with Crippen LogP contribution in [0.1, 0.15) is 10.4 Å². The smallest absolute Gasteiger partial charge is 0.337 e. The summed E-state index contributed by atoms with van der Waals surface area (Å²) in [6.07, 6.45) is 2.56. The second kappa shape index (κ2) is 6.32. The number of methoxy groups -OCH3 is 1. The maximum absolute atomic E-state index is 11.1. The number of carbonyl (C=O) groups is 2. The quantitative estimate of drug-likeness (QED) is 0.598. The molecule has 0 amide bonds. The molecular weight excluding hydrogens is 222 g/mol. The molecule has 0 saturated carbocycles. The van der Waals surface area contributed by atoms with E-state index in [1.54, 1.807) is 24.3 Å². The Bertz CT molecular complexity index is 423. The van der Waals surface area contributed by atoms with Gasteiger partial charge in [-0.05, 0) is 24.3 Å². The monoisotopic (exact) mass is 235 g/mol. The lowest BCUT2D eigenvalue weighted by atomic mass is 10.2. The standard InChI is InChI=1S/C12H13NO4/c1-17-12(16)9-4-6-10(7-5-9)13-8-2-3-11(14)15/h2-7,13H,8H2,1H3,(H,14,15)/b3-2+. The molecule has 90 valence electrons. The fourth-order valence-electron chi connectivity index (χ4n) is 1.18. The molecule has 1 aromatic rings. The van der Waals surface area contributed by atoms with Gasteiger partial charge in [0.25, 0.3) is 0 Å². The van der Waals surface area contributed by atoms with Crippen LogP contribution in [0.3, 0.4) is 0 Å². The number of anilines is 1. The van der Waals surface area contributed by atoms with Gasteiger partial charge in [-0.2, -0.15) is 0 Å². The van der Waals surface area contributed by atoms with Crippen LogP contribution in [0.2, 0.25) is 0 Å². The highest BCUT2D eigenvalue weighted by atomic mass is 16.5. The highest BCUT2D eigenvalue weighted by Crippen LogP contribution is 2.09. The molecule has 1 aromatic carbocycles. The Morgan fingerprint density at radius 2 is 2.00 bits per heavy atom. The Morgan fingerprint density at radius 3 is 2.53 bits per heavy atom. The molecule has 17 heavy (non-hydrogen) atoms. The van der Waals surface area contributed by atoms with E-state index >= 15 is 0 Å². The number of hydrogen-bond donors (Lipinski definition) is 2. The minimum atomic E-state index is -0.979. The van der Waals surface area contributed by atoms with Crippen LogP contribution in [-0.2, 0) is 9.53 Å². The third kappa shape index (κ3) is 4.38. The van der Waals surface area contributed by atoms with Gasteiger partial charge in [0.2, 0.25) is 0 Å². The molecule has 0 spiro atoms. The van der Waals surface area contributed by atoms with Gasteiger partial charge in [0.15, 0.2) is 0 Å². The summed E-state index contributed by atoms with van der Waals surface area (Å²) in [6.45, 7) is 0.407. The van der Waals surface area contributed by atoms with Gasteiger partial charge in [-0.1, -0.05) is 6.08 Å². The molecule has 0 aliphatic rings. The summed E-state index contributed by atoms with van der Waals surface area (Å²) < 4.78 is 4.57. The zero-order valence-electron chi connectivity index (χ0n) is 9.34. The fourth-order valence-corrected chi connectivity index (χ4v) is 1.18. The van der Waals surface area contributed by atoms with Crippen LogP contribution in [0.25, 0.3) is 0 Å². The molecule has 5 heteroatoms. The average molecular weight is 235 g/mol. The van der Waals surface area contributed by atoms with Gasteiger partial charge in [-0.3, -0.25) is 0 Å². The topological polar surface area (TPSA) is 75.6 Å². The molecule has 0 saturated heterocycles. The van der Waals surface area contributed by atoms with Crippen molar-refractivity contribution in [3.63, 3.8) is 0 Å². The summed E-state index contributed by atoms with van der Waals surface area (Å²) in [6, 6.07) is 6.71. The first-order valence-corrected chi connectivity index (χ1v) is 4.95. The molecule has 0 aromatic heterocycles. The van der Waals surface area contributed by atoms with Crippen molar-refractivity contribution >= 4 is 17.6 Å². The third-order valence-electron chi connectivity index (χ3n) is 1.99. The van der Waals surface area contributed by atoms with E-state index in [1.165, 1.54) is 13.2 Å². The van der Waals surface area contributed by atoms with Crippen molar-refractivity contribution in [3.05, 3.63) is 42.0 Å². The lowest BCUT2D eigenvalue weighted by molar-refractivity contribution is -0.131. The highest BCUT2D eigenvalue weighted by molar-refractivity contribution is 5.89. The van der Waals surface area contributed by atoms with Gasteiger partial charge in [0.05, 0.1) is 12.7 Å². The zero-order valence-corrected chi connectivity index (χ0v) is 9.34. The van der Waals surface area contributed by atoms with Crippen LogP contribution in [0.5, 0.6) is 0 Å². The molecule has 5 nitrogen and oxygen atoms in total. The van der Waals surface area contributed by atoms with Crippen molar-refractivity contribution in [2.75, 3.05) is 19.0 Å². The number of carboxylic acids is 1. The number of esters is 1. The van der Waals surface area contributed by atoms with Crippen molar-refractivity contribution in [1.29, 1.82) is 0 Å². The number of hydrogen-bond acceptors (Lipinski definition) is 4. The lowest BCUT2D eigenvalue weighted by Crippen LogP contribution is -2.02. The van der Waals surface area contributed by atoms with Crippen molar-refractivity contribution in [3.8, 4) is 0 Å². The van der Waals surface area contributed by atoms with E-state index in [9.17, 15) is 9.59 Å². The summed E-state index contributed by atoms with van der Waals surface area (Å²) in [5.74, 6) is -1.37. The van der Waals surface area contributed by atoms with E-state index in [1.807, 2.05) is 0 Å². The van der Waals surface area contributed by atoms with E-state index < -0.39 is 5.97 Å². The number of carbonyl (C=O) groups excluding carboxylic acids is 1. The minimum absolute atomic E-state index is 0.387. The first-order valence-electron chi connectivity index (χ1n) is 4.95. The number of carboxylic acid groups (broad SMARTS) is 1. The molecular formula is C12H13NO4. The summed E-state index contributed by atoms with van der Waals surface area (Å²) in [7, 11) is 1.32. The van der Waals surface area contributed by atoms with Gasteiger partial charge in [-0.25, -0.2) is 9.59 Å². The van der Waals surface area contributed by atoms with Crippen molar-refractivity contribution in [2.45, 2.75) is 0 Å². The fraction of sp³-hybridized carbons (Fsp3) is 0.167. The Morgan fingerprint density at radius 1 is 1.35 bits per heavy atom. The highest BCUT2D eigenvalue weighted by Gasteiger charge is 2.03. The maximum Gasteiger partial charge on any atom is 0.337 e. The van der Waals surface area contributed by atoms with E-state index in [-0.39, 0.29) is 5.97 Å². The average Bonchev–Trinajstić information content (AvgIpc) is 2.34. The van der Waals surface area contributed by atoms with Crippen LogP contribution in [0.15, 0.2) is 36.4 Å². The van der Waals surface area contributed by atoms with Crippen LogP contribution < -0.4 is 5.32 Å². The van der Waals surface area contributed by atoms with E-state index in [4.69, 9.17) is 5.11 Å². The predicted molar refractivity (Wildman–Crippen MR) is 63.0 cm³/mol. The summed E-state index contributed by atoms with van der Waals surface area (Å²) in [4.78, 5) is 21.3. The second-order valence-electron chi connectivity index (χ2n) is 3.19. The summed E-state index contributed by atoms with van der Waals surface area (Å²) in [5, 5.41) is 11.4. The Kier molecular flexibility index (Phi) is 4.75. The summed E-state index contributed by atoms with van der Waals surface area (Å²) >= 11 is 0. The molecule has 0 radical (unpaired) electrons. The van der Waals surface area contributed by atoms with Gasteiger partial charge < -0.3 is 15.2 Å². The second-order valence-corrected chi connectivity index (χ2v) is 3.19. The first-order chi connectivity index (χ1) is 8.13. The Balaban J connectivity index is 2.51. The van der Waals surface area contributed by atoms with Crippen molar-refractivity contribution in [2.24, 2.45) is 0 Å². The third-order valence-corrected chi connectivity index (χ3v) is 1.99. The molecule has 0 heterocycles. The molecule has 0 aliphatic carbocycles. The van der Waals surface area contributed by atoms with Crippen LogP contribution in [-0.4, -0.2) is 30.7 Å². The molecule has 0 bridgehead atoms. The van der Waals surface area contributed by atoms with Gasteiger partial charge in [0, 0.05) is 18.3 Å². The first kappa shape index (κ1) is 12.8. The molecule has 2 N–H and O–H groups in total. The number of nitrogens with one attached hydrogen (secondary N) is 1. The molecule has 0 atom stereocenters. The normalized spacial score (nSPS) is 10.2. The number of ether oxygens (including phenoxy) is 1. The van der Waals surface area contributed by atoms with Crippen LogP contribution >= 0.6 is 0 Å². The molecule has 0 fully saturated rings. The minimum Gasteiger partial charge on any atom is -0.478 e. The number of rotatable bonds is 5. The molecule has 0 unspecified atom stereocenters. The molecule has 1 rings (SSSR count). The van der Waals surface area contributed by atoms with Crippen LogP contribution in [0.4, 0.5) is 5.69 Å². The van der Waals surface area contributed by atoms with E-state index in [2.05, 4.69) is 10.1 Å². The largest absolute Gasteiger partial charge is 0.478 e. The Hall–Kier alpha value is -2.30. The number of benzene rings is 1. The Labute approximate surface area is 98.7 Å². The lowest BCUT2D eigenvalue weighted by Gasteiger charge is -2.04. The van der Waals surface area contributed by atoms with Crippen LogP contribution in [0, 0.1) is 0 Å². The zero-order chi connectivity index (χ0) is 12.7. The maximum atomic E-state index is 11.1. The van der Waals surface area contributed by atoms with Crippen molar-refractivity contribution in [1.82, 2.24) is 0 Å². The van der Waals surface area contributed by atoms with Crippen molar-refractivity contribution < 1.29 is 19.4 Å². The van der Waals surface area contributed by atoms with E-state index in [0.29, 0.717) is 12.1 Å². The SMILES string of the molecule is COC(=O)c1ccc(NC/C=C/C(=O)O)cc1. The predicted octanol–water partition coefficient (Wildman–Crippen LogP) is 1.53. The summed E-state index contributed by atoms with van der Waals surface area (Å²) in [5.41, 5.74) is 1.27.